The van der Waals surface area contributed by atoms with Gasteiger partial charge in [0, 0.05) is 43.2 Å². The molecule has 1 fully saturated rings. The summed E-state index contributed by atoms with van der Waals surface area (Å²) >= 11 is 0. The Labute approximate surface area is 183 Å². The Bertz CT molecular complexity index is 1190. The molecule has 162 valence electrons. The van der Waals surface area contributed by atoms with Crippen molar-refractivity contribution in [3.8, 4) is 0 Å². The standard InChI is InChI=1S/C23H20N4O5/c28-21(16-6-2-1-3-7-16)19-20(17-8-4-9-18(14-17)27(31)32)26(23(30)22(19)29)12-5-11-25-13-10-24-15-25/h1-4,6-10,13-15,20,28H,5,11-12H2. The number of likely N-dealkylation sites (tertiary alicyclic amines) is 1. The summed E-state index contributed by atoms with van der Waals surface area (Å²) in [6.45, 7) is 0.797. The van der Waals surface area contributed by atoms with E-state index in [9.17, 15) is 24.8 Å². The molecule has 4 rings (SSSR count). The van der Waals surface area contributed by atoms with Gasteiger partial charge in [0.2, 0.25) is 0 Å². The van der Waals surface area contributed by atoms with Crippen molar-refractivity contribution >= 4 is 23.1 Å². The minimum Gasteiger partial charge on any atom is -0.507 e. The van der Waals surface area contributed by atoms with Crippen molar-refractivity contribution in [1.82, 2.24) is 14.5 Å². The molecule has 1 N–H and O–H groups in total. The van der Waals surface area contributed by atoms with Crippen molar-refractivity contribution in [2.75, 3.05) is 6.54 Å². The van der Waals surface area contributed by atoms with E-state index >= 15 is 0 Å². The molecule has 32 heavy (non-hydrogen) atoms. The van der Waals surface area contributed by atoms with Crippen molar-refractivity contribution in [2.24, 2.45) is 0 Å². The first-order valence-electron chi connectivity index (χ1n) is 10.0. The van der Waals surface area contributed by atoms with E-state index in [4.69, 9.17) is 0 Å². The average molecular weight is 432 g/mol. The monoisotopic (exact) mass is 432 g/mol. The molecule has 0 aliphatic carbocycles. The molecule has 2 heterocycles. The molecule has 3 aromatic rings. The molecule has 0 bridgehead atoms. The van der Waals surface area contributed by atoms with Crippen molar-refractivity contribution in [3.63, 3.8) is 0 Å². The summed E-state index contributed by atoms with van der Waals surface area (Å²) in [6.07, 6.45) is 5.62. The number of benzene rings is 2. The first-order chi connectivity index (χ1) is 15.5. The van der Waals surface area contributed by atoms with Gasteiger partial charge in [0.15, 0.2) is 0 Å². The number of aliphatic hydroxyl groups excluding tert-OH is 1. The van der Waals surface area contributed by atoms with E-state index in [2.05, 4.69) is 4.98 Å². The summed E-state index contributed by atoms with van der Waals surface area (Å²) < 4.78 is 1.85. The van der Waals surface area contributed by atoms with Crippen molar-refractivity contribution in [3.05, 3.63) is 100 Å². The number of imidazole rings is 1. The van der Waals surface area contributed by atoms with Crippen LogP contribution in [0.25, 0.3) is 5.76 Å². The van der Waals surface area contributed by atoms with Crippen LogP contribution in [0.4, 0.5) is 5.69 Å². The van der Waals surface area contributed by atoms with Gasteiger partial charge < -0.3 is 14.6 Å². The molecule has 9 heteroatoms. The van der Waals surface area contributed by atoms with Gasteiger partial charge in [0.1, 0.15) is 5.76 Å². The fourth-order valence-electron chi connectivity index (χ4n) is 3.86. The molecule has 1 saturated heterocycles. The second kappa shape index (κ2) is 8.84. The van der Waals surface area contributed by atoms with Gasteiger partial charge in [-0.15, -0.1) is 0 Å². The van der Waals surface area contributed by atoms with Gasteiger partial charge in [-0.2, -0.15) is 0 Å². The van der Waals surface area contributed by atoms with E-state index in [1.807, 2.05) is 4.57 Å². The van der Waals surface area contributed by atoms with Crippen LogP contribution in [0.5, 0.6) is 0 Å². The minimum absolute atomic E-state index is 0.0793. The lowest BCUT2D eigenvalue weighted by molar-refractivity contribution is -0.384. The number of nitro benzene ring substituents is 1. The molecule has 2 aromatic carbocycles. The van der Waals surface area contributed by atoms with Crippen LogP contribution >= 0.6 is 0 Å². The molecule has 9 nitrogen and oxygen atoms in total. The number of nitrogens with zero attached hydrogens (tertiary/aromatic N) is 4. The Morgan fingerprint density at radius 1 is 1.09 bits per heavy atom. The molecule has 1 atom stereocenters. The predicted molar refractivity (Wildman–Crippen MR) is 115 cm³/mol. The number of aromatic nitrogens is 2. The van der Waals surface area contributed by atoms with E-state index < -0.39 is 22.7 Å². The normalized spacial score (nSPS) is 17.6. The third-order valence-electron chi connectivity index (χ3n) is 5.36. The number of ketones is 1. The highest BCUT2D eigenvalue weighted by Crippen LogP contribution is 2.40. The van der Waals surface area contributed by atoms with Crippen LogP contribution in [0, 0.1) is 10.1 Å². The zero-order chi connectivity index (χ0) is 22.7. The smallest absolute Gasteiger partial charge is 0.295 e. The molecule has 1 amide bonds. The number of amides is 1. The van der Waals surface area contributed by atoms with Crippen LogP contribution in [0.3, 0.4) is 0 Å². The number of non-ortho nitro benzene ring substituents is 1. The number of hydrogen-bond donors (Lipinski definition) is 1. The van der Waals surface area contributed by atoms with Gasteiger partial charge in [-0.05, 0) is 12.0 Å². The molecule has 1 aliphatic rings. The number of hydrogen-bond acceptors (Lipinski definition) is 6. The van der Waals surface area contributed by atoms with Gasteiger partial charge in [-0.3, -0.25) is 19.7 Å². The van der Waals surface area contributed by atoms with E-state index in [-0.39, 0.29) is 23.6 Å². The third-order valence-corrected chi connectivity index (χ3v) is 5.36. The molecule has 1 unspecified atom stereocenters. The maximum atomic E-state index is 13.0. The van der Waals surface area contributed by atoms with Crippen LogP contribution < -0.4 is 0 Å². The van der Waals surface area contributed by atoms with Gasteiger partial charge in [0.25, 0.3) is 17.4 Å². The van der Waals surface area contributed by atoms with Crippen molar-refractivity contribution < 1.29 is 19.6 Å². The quantitative estimate of drug-likeness (QED) is 0.201. The molecular formula is C23H20N4O5. The van der Waals surface area contributed by atoms with Gasteiger partial charge in [-0.25, -0.2) is 4.98 Å². The number of aliphatic hydroxyl groups is 1. The van der Waals surface area contributed by atoms with E-state index in [1.165, 1.54) is 23.1 Å². The maximum Gasteiger partial charge on any atom is 0.295 e. The summed E-state index contributed by atoms with van der Waals surface area (Å²) in [7, 11) is 0. The Hall–Kier alpha value is -4.27. The van der Waals surface area contributed by atoms with Gasteiger partial charge in [-0.1, -0.05) is 42.5 Å². The second-order valence-electron chi connectivity index (χ2n) is 7.36. The number of Topliss-reactive ketones (excluding diaryl/α,β-unsaturated/α-hetero) is 1. The number of nitro groups is 1. The molecule has 0 radical (unpaired) electrons. The Balaban J connectivity index is 1.76. The van der Waals surface area contributed by atoms with Crippen molar-refractivity contribution in [2.45, 2.75) is 19.0 Å². The van der Waals surface area contributed by atoms with Crippen LogP contribution in [-0.2, 0) is 16.1 Å². The van der Waals surface area contributed by atoms with E-state index in [1.54, 1.807) is 55.1 Å². The van der Waals surface area contributed by atoms with Crippen LogP contribution in [0.15, 0.2) is 78.9 Å². The lowest BCUT2D eigenvalue weighted by atomic mass is 9.95. The molecule has 1 aliphatic heterocycles. The van der Waals surface area contributed by atoms with Crippen LogP contribution in [0.1, 0.15) is 23.6 Å². The number of carbonyl (C=O) groups excluding carboxylic acids is 2. The van der Waals surface area contributed by atoms with Gasteiger partial charge >= 0.3 is 0 Å². The minimum atomic E-state index is -0.933. The lowest BCUT2D eigenvalue weighted by Gasteiger charge is -2.25. The molecule has 1 aromatic heterocycles. The highest BCUT2D eigenvalue weighted by molar-refractivity contribution is 6.46. The topological polar surface area (TPSA) is 119 Å². The summed E-state index contributed by atoms with van der Waals surface area (Å²) in [5.74, 6) is -1.87. The summed E-state index contributed by atoms with van der Waals surface area (Å²) in [5, 5.41) is 22.3. The number of carbonyl (C=O) groups is 2. The zero-order valence-corrected chi connectivity index (χ0v) is 17.0. The fraction of sp³-hybridized carbons (Fsp3) is 0.174. The highest BCUT2D eigenvalue weighted by Gasteiger charge is 2.46. The summed E-state index contributed by atoms with van der Waals surface area (Å²) in [4.78, 5) is 42.0. The zero-order valence-electron chi connectivity index (χ0n) is 17.0. The SMILES string of the molecule is O=C1C(=O)N(CCCn2ccnc2)C(c2cccc([N+](=O)[O-])c2)C1=C(O)c1ccccc1. The number of aryl methyl sites for hydroxylation is 1. The molecule has 0 spiro atoms. The lowest BCUT2D eigenvalue weighted by Crippen LogP contribution is -2.31. The Kier molecular flexibility index (Phi) is 5.80. The van der Waals surface area contributed by atoms with E-state index in [0.29, 0.717) is 24.1 Å². The number of rotatable bonds is 7. The maximum absolute atomic E-state index is 13.0. The fourth-order valence-corrected chi connectivity index (χ4v) is 3.86. The van der Waals surface area contributed by atoms with Crippen LogP contribution in [-0.4, -0.2) is 42.7 Å². The van der Waals surface area contributed by atoms with Crippen LogP contribution in [0.2, 0.25) is 0 Å². The second-order valence-corrected chi connectivity index (χ2v) is 7.36. The average Bonchev–Trinajstić information content (AvgIpc) is 3.41. The van der Waals surface area contributed by atoms with Gasteiger partial charge in [0.05, 0.1) is 22.9 Å². The third kappa shape index (κ3) is 4.00. The first kappa shape index (κ1) is 21.0. The predicted octanol–water partition coefficient (Wildman–Crippen LogP) is 3.30. The Morgan fingerprint density at radius 3 is 2.56 bits per heavy atom. The highest BCUT2D eigenvalue weighted by atomic mass is 16.6. The Morgan fingerprint density at radius 2 is 1.88 bits per heavy atom. The largest absolute Gasteiger partial charge is 0.507 e. The molecule has 0 saturated carbocycles. The summed E-state index contributed by atoms with van der Waals surface area (Å²) in [5.41, 5.74) is 0.536. The molecular weight excluding hydrogens is 412 g/mol. The first-order valence-corrected chi connectivity index (χ1v) is 10.0. The van der Waals surface area contributed by atoms with Crippen molar-refractivity contribution in [1.29, 1.82) is 0 Å². The summed E-state index contributed by atoms with van der Waals surface area (Å²) in [6, 6.07) is 13.3. The van der Waals surface area contributed by atoms with E-state index in [0.717, 1.165) is 0 Å².